The van der Waals surface area contributed by atoms with Crippen molar-refractivity contribution in [3.05, 3.63) is 34.2 Å². The van der Waals surface area contributed by atoms with E-state index >= 15 is 0 Å². The molecule has 10 nitrogen and oxygen atoms in total. The zero-order valence-electron chi connectivity index (χ0n) is 24.1. The largest absolute Gasteiger partial charge is 0.493 e. The van der Waals surface area contributed by atoms with E-state index in [1.165, 1.54) is 22.9 Å². The van der Waals surface area contributed by atoms with E-state index in [2.05, 4.69) is 19.8 Å². The van der Waals surface area contributed by atoms with Crippen LogP contribution >= 0.6 is 0 Å². The third-order valence-electron chi connectivity index (χ3n) is 4.69. The Hall–Kier alpha value is -2.76. The van der Waals surface area contributed by atoms with E-state index in [0.29, 0.717) is 17.6 Å². The summed E-state index contributed by atoms with van der Waals surface area (Å²) in [6, 6.07) is 3.98. The molecule has 0 amide bonds. The molecule has 0 aliphatic rings. The number of H-pyrrole nitrogens is 1. The van der Waals surface area contributed by atoms with Gasteiger partial charge in [0.1, 0.15) is 17.1 Å². The first-order valence-corrected chi connectivity index (χ1v) is 11.6. The number of aryl methyl sites for hydroxylation is 2. The molecule has 0 fully saturated rings. The number of nitrogens with zero attached hydrogens (tertiary/aromatic N) is 4. The second kappa shape index (κ2) is 9.80. The van der Waals surface area contributed by atoms with Crippen LogP contribution in [0.2, 0.25) is 0 Å². The summed E-state index contributed by atoms with van der Waals surface area (Å²) in [6.07, 6.45) is 1.37. The first kappa shape index (κ1) is 16.8. The van der Waals surface area contributed by atoms with E-state index in [-0.39, 0.29) is 39.1 Å². The Bertz CT molecular complexity index is 1450. The van der Waals surface area contributed by atoms with Crippen LogP contribution in [-0.4, -0.2) is 66.7 Å². The van der Waals surface area contributed by atoms with E-state index in [1.54, 1.807) is 14.0 Å². The molecular formula is C21H30N6O4S. The molecule has 3 rings (SSSR count). The zero-order valence-corrected chi connectivity index (χ0v) is 18.9. The second-order valence-corrected chi connectivity index (χ2v) is 8.84. The number of likely N-dealkylation sites (N-methyl/N-ethyl adjacent to an activating group) is 1. The average Bonchev–Trinajstić information content (AvgIpc) is 3.11. The summed E-state index contributed by atoms with van der Waals surface area (Å²) >= 11 is 0. The number of aromatic nitrogens is 4. The van der Waals surface area contributed by atoms with Gasteiger partial charge < -0.3 is 14.6 Å². The first-order valence-electron chi connectivity index (χ1n) is 13.1. The number of sulfonamides is 1. The van der Waals surface area contributed by atoms with E-state index in [9.17, 15) is 13.2 Å². The molecule has 0 aliphatic heterocycles. The number of fused-ring (bicyclic) bond motifs is 1. The predicted molar refractivity (Wildman–Crippen MR) is 123 cm³/mol. The topological polar surface area (TPSA) is 122 Å². The van der Waals surface area contributed by atoms with Crippen molar-refractivity contribution in [2.75, 3.05) is 33.6 Å². The molecule has 0 aliphatic carbocycles. The number of hydrogen-bond acceptors (Lipinski definition) is 7. The minimum Gasteiger partial charge on any atom is -0.493 e. The van der Waals surface area contributed by atoms with Crippen molar-refractivity contribution in [2.24, 2.45) is 7.05 Å². The van der Waals surface area contributed by atoms with Gasteiger partial charge in [-0.3, -0.25) is 9.48 Å². The van der Waals surface area contributed by atoms with E-state index in [0.717, 1.165) is 6.42 Å². The summed E-state index contributed by atoms with van der Waals surface area (Å²) in [5.74, 6) is 0.371. The maximum absolute atomic E-state index is 13.0. The maximum atomic E-state index is 13.0. The van der Waals surface area contributed by atoms with Gasteiger partial charge in [-0.15, -0.1) is 0 Å². The fraction of sp³-hybridized carbons (Fsp3) is 0.476. The molecule has 0 spiro atoms. The van der Waals surface area contributed by atoms with Crippen LogP contribution in [0.15, 0.2) is 27.9 Å². The number of benzene rings is 1. The Labute approximate surface area is 196 Å². The molecule has 2 aromatic heterocycles. The van der Waals surface area contributed by atoms with Crippen molar-refractivity contribution >= 4 is 21.1 Å². The maximum Gasteiger partial charge on any atom is 0.277 e. The standard InChI is InChI=1S/C21H30N6O4S/c1-6-8-16-18-19(27(5)25-16)21(28)24-20(23-18)15-13-14(9-10-17(15)31-7-2)32(29,30)22-11-12-26(3)4/h9-10,13,22H,6-8,11-12H2,1-5H3,(H,23,24,28)/i3D3,4D3. The monoisotopic (exact) mass is 468 g/mol. The van der Waals surface area contributed by atoms with Crippen molar-refractivity contribution in [3.8, 4) is 17.1 Å². The fourth-order valence-electron chi connectivity index (χ4n) is 3.30. The number of ether oxygens (including phenoxy) is 1. The van der Waals surface area contributed by atoms with Crippen LogP contribution in [0.5, 0.6) is 5.75 Å². The lowest BCUT2D eigenvalue weighted by Gasteiger charge is -2.14. The summed E-state index contributed by atoms with van der Waals surface area (Å²) in [4.78, 5) is 20.2. The molecule has 2 heterocycles. The van der Waals surface area contributed by atoms with Gasteiger partial charge in [-0.05, 0) is 45.5 Å². The third-order valence-corrected chi connectivity index (χ3v) is 6.15. The SMILES string of the molecule is [2H]C([2H])([2H])N(CCNS(=O)(=O)c1ccc(OCC)c(-c2nc3c(CCC)nn(C)c3c(=O)[nH]2)c1)C([2H])([2H])[2H]. The third kappa shape index (κ3) is 5.00. The van der Waals surface area contributed by atoms with Crippen LogP contribution < -0.4 is 15.0 Å². The average molecular weight is 469 g/mol. The second-order valence-electron chi connectivity index (χ2n) is 7.07. The molecule has 0 bridgehead atoms. The molecule has 32 heavy (non-hydrogen) atoms. The molecule has 0 radical (unpaired) electrons. The van der Waals surface area contributed by atoms with Crippen molar-refractivity contribution in [2.45, 2.75) is 31.6 Å². The Morgan fingerprint density at radius 3 is 2.78 bits per heavy atom. The van der Waals surface area contributed by atoms with Crippen LogP contribution in [0, 0.1) is 0 Å². The van der Waals surface area contributed by atoms with Gasteiger partial charge in [-0.2, -0.15) is 5.10 Å². The predicted octanol–water partition coefficient (Wildman–Crippen LogP) is 1.51. The Kier molecular flexibility index (Phi) is 5.15. The Balaban J connectivity index is 2.01. The summed E-state index contributed by atoms with van der Waals surface area (Å²) in [7, 11) is -2.57. The molecule has 1 aromatic carbocycles. The van der Waals surface area contributed by atoms with Crippen molar-refractivity contribution in [1.29, 1.82) is 0 Å². The molecule has 0 saturated carbocycles. The van der Waals surface area contributed by atoms with Crippen molar-refractivity contribution in [3.63, 3.8) is 0 Å². The van der Waals surface area contributed by atoms with E-state index in [4.69, 9.17) is 13.0 Å². The van der Waals surface area contributed by atoms with Crippen molar-refractivity contribution < 1.29 is 21.4 Å². The minimum atomic E-state index is -4.21. The van der Waals surface area contributed by atoms with Crippen molar-refractivity contribution in [1.82, 2.24) is 29.4 Å². The van der Waals surface area contributed by atoms with Gasteiger partial charge in [0.2, 0.25) is 10.0 Å². The highest BCUT2D eigenvalue weighted by atomic mass is 32.2. The molecular weight excluding hydrogens is 432 g/mol. The number of aromatic amines is 1. The number of rotatable bonds is 10. The first-order chi connectivity index (χ1) is 17.6. The van der Waals surface area contributed by atoms with Gasteiger partial charge in [-0.1, -0.05) is 13.3 Å². The van der Waals surface area contributed by atoms with E-state index in [1.807, 2.05) is 6.92 Å². The Morgan fingerprint density at radius 2 is 2.09 bits per heavy atom. The smallest absolute Gasteiger partial charge is 0.277 e. The molecule has 2 N–H and O–H groups in total. The highest BCUT2D eigenvalue weighted by Crippen LogP contribution is 2.31. The highest BCUT2D eigenvalue weighted by molar-refractivity contribution is 7.89. The molecule has 174 valence electrons. The van der Waals surface area contributed by atoms with Gasteiger partial charge in [0.05, 0.1) is 22.8 Å². The number of nitrogens with one attached hydrogen (secondary N) is 2. The number of hydrogen-bond donors (Lipinski definition) is 2. The van der Waals surface area contributed by atoms with Gasteiger partial charge in [0.25, 0.3) is 5.56 Å². The normalized spacial score (nSPS) is 15.6. The van der Waals surface area contributed by atoms with Gasteiger partial charge in [0.15, 0.2) is 5.52 Å². The van der Waals surface area contributed by atoms with Crippen LogP contribution in [0.1, 0.15) is 34.2 Å². The summed E-state index contributed by atoms with van der Waals surface area (Å²) in [6.45, 7) is -2.96. The van der Waals surface area contributed by atoms with Gasteiger partial charge in [0, 0.05) is 28.4 Å². The van der Waals surface area contributed by atoms with Gasteiger partial charge >= 0.3 is 0 Å². The van der Waals surface area contributed by atoms with Gasteiger partial charge in [-0.25, -0.2) is 18.1 Å². The molecule has 0 unspecified atom stereocenters. The molecule has 11 heteroatoms. The molecule has 0 atom stereocenters. The quantitative estimate of drug-likeness (QED) is 0.462. The van der Waals surface area contributed by atoms with Crippen LogP contribution in [-0.2, 0) is 23.5 Å². The summed E-state index contributed by atoms with van der Waals surface area (Å²) in [5.41, 5.74) is 1.08. The van der Waals surface area contributed by atoms with E-state index < -0.39 is 42.6 Å². The lowest BCUT2D eigenvalue weighted by atomic mass is 10.1. The molecule has 0 saturated heterocycles. The Morgan fingerprint density at radius 1 is 1.31 bits per heavy atom. The fourth-order valence-corrected chi connectivity index (χ4v) is 4.34. The highest BCUT2D eigenvalue weighted by Gasteiger charge is 2.21. The molecule has 3 aromatic rings. The lowest BCUT2D eigenvalue weighted by Crippen LogP contribution is -2.31. The van der Waals surface area contributed by atoms with Crippen LogP contribution in [0.3, 0.4) is 0 Å². The van der Waals surface area contributed by atoms with Crippen LogP contribution in [0.25, 0.3) is 22.4 Å². The van der Waals surface area contributed by atoms with Crippen LogP contribution in [0.4, 0.5) is 0 Å². The zero-order chi connectivity index (χ0) is 28.5. The minimum absolute atomic E-state index is 0.0873. The lowest BCUT2D eigenvalue weighted by molar-refractivity contribution is 0.341. The summed E-state index contributed by atoms with van der Waals surface area (Å²) < 4.78 is 79.9. The summed E-state index contributed by atoms with van der Waals surface area (Å²) in [5, 5.41) is 4.39.